The largest absolute Gasteiger partial charge is 0.540 e. The van der Waals surface area contributed by atoms with Crippen molar-refractivity contribution < 1.29 is 22.8 Å². The number of para-hydroxylation sites is 1. The van der Waals surface area contributed by atoms with Gasteiger partial charge in [0.2, 0.25) is 6.41 Å². The highest BCUT2D eigenvalue weighted by atomic mass is 19.4. The Balaban J connectivity index is 2.47. The third-order valence-corrected chi connectivity index (χ3v) is 1.39. The van der Waals surface area contributed by atoms with E-state index in [0.29, 0.717) is 10.8 Å². The maximum Gasteiger partial charge on any atom is 0.540 e. The van der Waals surface area contributed by atoms with Crippen molar-refractivity contribution in [2.24, 2.45) is 0 Å². The maximum absolute atomic E-state index is 11.6. The Kier molecular flexibility index (Phi) is 4.09. The number of alkyl halides is 3. The molecule has 1 amide bonds. The van der Waals surface area contributed by atoms with E-state index in [2.05, 4.69) is 10.3 Å². The third kappa shape index (κ3) is 4.62. The summed E-state index contributed by atoms with van der Waals surface area (Å²) in [6.45, 7) is 0. The summed E-state index contributed by atoms with van der Waals surface area (Å²) < 4.78 is 34.9. The second kappa shape index (κ2) is 5.33. The van der Waals surface area contributed by atoms with Crippen LogP contribution < -0.4 is 11.0 Å². The number of benzene rings is 1. The third-order valence-electron chi connectivity index (χ3n) is 1.39. The van der Waals surface area contributed by atoms with Gasteiger partial charge in [-0.2, -0.15) is 9.96 Å². The first kappa shape index (κ1) is 12.3. The van der Waals surface area contributed by atoms with E-state index in [1.54, 1.807) is 30.3 Å². The molecule has 0 saturated carbocycles. The second-order valence-electron chi connectivity index (χ2n) is 2.59. The first-order valence-corrected chi connectivity index (χ1v) is 4.08. The number of nitrogens with zero attached hydrogens (tertiary/aromatic N) is 1. The van der Waals surface area contributed by atoms with Gasteiger partial charge in [0.15, 0.2) is 0 Å². The minimum Gasteiger partial charge on any atom is -0.280 e. The predicted octanol–water partition coefficient (Wildman–Crippen LogP) is 1.43. The van der Waals surface area contributed by atoms with Gasteiger partial charge >= 0.3 is 6.36 Å². The molecule has 1 rings (SSSR count). The SMILES string of the molecule is O=CN(NOC(F)(F)F)Nc1ccccc1. The molecule has 0 saturated heterocycles. The molecule has 0 aliphatic heterocycles. The van der Waals surface area contributed by atoms with Crippen LogP contribution in [0.3, 0.4) is 0 Å². The van der Waals surface area contributed by atoms with Crippen molar-refractivity contribution in [2.45, 2.75) is 6.36 Å². The van der Waals surface area contributed by atoms with E-state index in [4.69, 9.17) is 0 Å². The molecule has 0 bridgehead atoms. The number of hydrogen-bond donors (Lipinski definition) is 2. The number of hydrogen-bond acceptors (Lipinski definition) is 4. The van der Waals surface area contributed by atoms with Crippen LogP contribution in [0.2, 0.25) is 0 Å². The van der Waals surface area contributed by atoms with Gasteiger partial charge in [-0.15, -0.1) is 13.2 Å². The molecule has 0 unspecified atom stereocenters. The van der Waals surface area contributed by atoms with E-state index in [1.165, 1.54) is 5.59 Å². The average Bonchev–Trinajstić information content (AvgIpc) is 2.24. The van der Waals surface area contributed by atoms with Crippen LogP contribution in [0.15, 0.2) is 30.3 Å². The van der Waals surface area contributed by atoms with Crippen molar-refractivity contribution >= 4 is 12.1 Å². The highest BCUT2D eigenvalue weighted by Gasteiger charge is 2.30. The van der Waals surface area contributed by atoms with Crippen LogP contribution in [0.1, 0.15) is 0 Å². The number of anilines is 1. The van der Waals surface area contributed by atoms with Gasteiger partial charge in [-0.1, -0.05) is 23.8 Å². The first-order valence-electron chi connectivity index (χ1n) is 4.08. The van der Waals surface area contributed by atoms with E-state index < -0.39 is 6.36 Å². The molecule has 0 heterocycles. The van der Waals surface area contributed by atoms with E-state index in [1.807, 2.05) is 0 Å². The first-order chi connectivity index (χ1) is 7.51. The molecule has 0 atom stereocenters. The lowest BCUT2D eigenvalue weighted by atomic mass is 10.3. The molecular weight excluding hydrogens is 227 g/mol. The second-order valence-corrected chi connectivity index (χ2v) is 2.59. The van der Waals surface area contributed by atoms with Crippen molar-refractivity contribution in [2.75, 3.05) is 5.43 Å². The number of amides is 1. The van der Waals surface area contributed by atoms with Gasteiger partial charge in [-0.05, 0) is 12.1 Å². The van der Waals surface area contributed by atoms with Crippen molar-refractivity contribution in [3.05, 3.63) is 30.3 Å². The number of rotatable bonds is 5. The summed E-state index contributed by atoms with van der Waals surface area (Å²) in [5.41, 5.74) is 4.14. The summed E-state index contributed by atoms with van der Waals surface area (Å²) in [6.07, 6.45) is -4.78. The van der Waals surface area contributed by atoms with E-state index in [9.17, 15) is 18.0 Å². The van der Waals surface area contributed by atoms with Crippen LogP contribution in [-0.2, 0) is 9.63 Å². The standard InChI is InChI=1S/C8H8F3N3O2/c9-8(10,11)16-13-14(6-15)12-7-4-2-1-3-5-7/h1-6,12-13H. The topological polar surface area (TPSA) is 53.6 Å². The van der Waals surface area contributed by atoms with Crippen molar-refractivity contribution in [1.82, 2.24) is 10.7 Å². The van der Waals surface area contributed by atoms with Crippen LogP contribution in [-0.4, -0.2) is 17.9 Å². The van der Waals surface area contributed by atoms with E-state index in [0.717, 1.165) is 0 Å². The number of hydrazine groups is 2. The Labute approximate surface area is 88.7 Å². The molecule has 16 heavy (non-hydrogen) atoms. The molecule has 1 aromatic rings. The van der Waals surface area contributed by atoms with E-state index >= 15 is 0 Å². The lowest BCUT2D eigenvalue weighted by Gasteiger charge is -2.19. The van der Waals surface area contributed by atoms with Gasteiger partial charge in [-0.3, -0.25) is 10.2 Å². The fourth-order valence-electron chi connectivity index (χ4n) is 0.823. The molecule has 0 fully saturated rings. The smallest absolute Gasteiger partial charge is 0.280 e. The zero-order chi connectivity index (χ0) is 12.0. The summed E-state index contributed by atoms with van der Waals surface area (Å²) in [5, 5.41) is 0.392. The maximum atomic E-state index is 11.6. The molecule has 5 nitrogen and oxygen atoms in total. The Hall–Kier alpha value is -1.80. The Bertz CT molecular complexity index is 331. The summed E-state index contributed by atoms with van der Waals surface area (Å²) >= 11 is 0. The molecule has 8 heteroatoms. The number of carbonyl (C=O) groups excluding carboxylic acids is 1. The zero-order valence-corrected chi connectivity index (χ0v) is 7.86. The number of carbonyl (C=O) groups is 1. The molecule has 2 N–H and O–H groups in total. The number of halogens is 3. The van der Waals surface area contributed by atoms with Gasteiger partial charge < -0.3 is 0 Å². The minimum absolute atomic E-state index is 0.0960. The zero-order valence-electron chi connectivity index (χ0n) is 7.86. The van der Waals surface area contributed by atoms with Gasteiger partial charge in [0.05, 0.1) is 5.69 Å². The molecule has 0 aliphatic carbocycles. The van der Waals surface area contributed by atoms with Crippen LogP contribution in [0.4, 0.5) is 18.9 Å². The Morgan fingerprint density at radius 2 is 1.88 bits per heavy atom. The Morgan fingerprint density at radius 3 is 2.38 bits per heavy atom. The molecular formula is C8H8F3N3O2. The van der Waals surface area contributed by atoms with E-state index in [-0.39, 0.29) is 6.41 Å². The van der Waals surface area contributed by atoms with Crippen LogP contribution in [0.25, 0.3) is 0 Å². The Morgan fingerprint density at radius 1 is 1.25 bits per heavy atom. The van der Waals surface area contributed by atoms with Crippen molar-refractivity contribution in [1.29, 1.82) is 0 Å². The highest BCUT2D eigenvalue weighted by molar-refractivity contribution is 5.52. The fraction of sp³-hybridized carbons (Fsp3) is 0.125. The van der Waals surface area contributed by atoms with Crippen molar-refractivity contribution in [3.63, 3.8) is 0 Å². The van der Waals surface area contributed by atoms with Crippen molar-refractivity contribution in [3.8, 4) is 0 Å². The summed E-state index contributed by atoms with van der Waals surface area (Å²) in [4.78, 5) is 13.6. The lowest BCUT2D eigenvalue weighted by Crippen LogP contribution is -2.44. The molecule has 88 valence electrons. The molecule has 0 radical (unpaired) electrons. The summed E-state index contributed by atoms with van der Waals surface area (Å²) in [7, 11) is 0. The molecule has 0 aromatic heterocycles. The monoisotopic (exact) mass is 235 g/mol. The molecule has 0 spiro atoms. The average molecular weight is 235 g/mol. The van der Waals surface area contributed by atoms with Crippen LogP contribution in [0, 0.1) is 0 Å². The van der Waals surface area contributed by atoms with Gasteiger partial charge in [0.25, 0.3) is 0 Å². The lowest BCUT2D eigenvalue weighted by molar-refractivity contribution is -0.367. The van der Waals surface area contributed by atoms with Crippen LogP contribution in [0.5, 0.6) is 0 Å². The van der Waals surface area contributed by atoms with Gasteiger partial charge in [-0.25, -0.2) is 0 Å². The summed E-state index contributed by atoms with van der Waals surface area (Å²) in [6, 6.07) is 8.14. The number of nitrogens with one attached hydrogen (secondary N) is 2. The van der Waals surface area contributed by atoms with Gasteiger partial charge in [0, 0.05) is 0 Å². The predicted molar refractivity (Wildman–Crippen MR) is 48.2 cm³/mol. The fourth-order valence-corrected chi connectivity index (χ4v) is 0.823. The van der Waals surface area contributed by atoms with Gasteiger partial charge in [0.1, 0.15) is 0 Å². The molecule has 0 aliphatic rings. The molecule has 1 aromatic carbocycles. The quantitative estimate of drug-likeness (QED) is 0.598. The minimum atomic E-state index is -4.88. The van der Waals surface area contributed by atoms with Crippen LogP contribution >= 0.6 is 0 Å². The normalized spacial score (nSPS) is 10.9. The summed E-state index contributed by atoms with van der Waals surface area (Å²) in [5.74, 6) is 0. The highest BCUT2D eigenvalue weighted by Crippen LogP contribution is 2.14.